The number of benzene rings is 3. The van der Waals surface area contributed by atoms with Gasteiger partial charge in [0.1, 0.15) is 6.04 Å². The number of aliphatic hydroxyl groups excluding tert-OH is 1. The number of rotatable bonds is 7. The van der Waals surface area contributed by atoms with Crippen molar-refractivity contribution >= 4 is 50.8 Å². The summed E-state index contributed by atoms with van der Waals surface area (Å²) < 4.78 is 30.4. The lowest BCUT2D eigenvalue weighted by molar-refractivity contribution is -0.121. The number of nitrogens with one attached hydrogen (secondary N) is 1. The van der Waals surface area contributed by atoms with Gasteiger partial charge in [-0.2, -0.15) is 13.5 Å². The molecule has 0 aromatic heterocycles. The van der Waals surface area contributed by atoms with Crippen LogP contribution in [0, 0.1) is 0 Å². The van der Waals surface area contributed by atoms with E-state index in [1.54, 1.807) is 12.1 Å². The molecule has 9 nitrogen and oxygen atoms in total. The van der Waals surface area contributed by atoms with Crippen molar-refractivity contribution in [2.45, 2.75) is 29.9 Å². The highest BCUT2D eigenvalue weighted by Crippen LogP contribution is 2.30. The molecule has 3 atom stereocenters. The molecule has 4 rings (SSSR count). The Labute approximate surface area is 230 Å². The standard InChI is InChI=1S/C26H25Cl2N5O4S/c1-16(34)23(25(29)35)30-26(32-38(36,37)21-13-11-20(28)12-14-21)33-15-22(17-5-3-2-4-6-17)24(31-33)18-7-9-19(27)10-8-18/h2-14,16,22-23,34H,15H2,1H3,(H2,29,35)(H,30,32)/t16-,22+,23-/m0/s1. The fourth-order valence-corrected chi connectivity index (χ4v) is 5.16. The number of hydrogen-bond donors (Lipinski definition) is 3. The first-order chi connectivity index (χ1) is 18.0. The Morgan fingerprint density at radius 1 is 1.05 bits per heavy atom. The molecule has 0 saturated carbocycles. The van der Waals surface area contributed by atoms with E-state index in [1.165, 1.54) is 36.2 Å². The summed E-state index contributed by atoms with van der Waals surface area (Å²) in [6.45, 7) is 1.54. The Hall–Kier alpha value is -3.44. The number of carbonyl (C=O) groups is 1. The maximum absolute atomic E-state index is 13.2. The van der Waals surface area contributed by atoms with Crippen molar-refractivity contribution in [1.29, 1.82) is 0 Å². The first kappa shape index (κ1) is 27.6. The maximum atomic E-state index is 13.2. The quantitative estimate of drug-likeness (QED) is 0.292. The number of nitrogens with two attached hydrogens (primary N) is 1. The van der Waals surface area contributed by atoms with Gasteiger partial charge in [-0.3, -0.25) is 4.79 Å². The number of halogens is 2. The second-order valence-corrected chi connectivity index (χ2v) is 11.1. The van der Waals surface area contributed by atoms with Crippen molar-refractivity contribution in [1.82, 2.24) is 10.3 Å². The number of aliphatic hydroxyl groups is 1. The zero-order valence-electron chi connectivity index (χ0n) is 20.2. The summed E-state index contributed by atoms with van der Waals surface area (Å²) >= 11 is 12.0. The minimum absolute atomic E-state index is 0.116. The molecule has 1 amide bonds. The summed E-state index contributed by atoms with van der Waals surface area (Å²) in [6, 6.07) is 20.8. The molecule has 1 aliphatic heterocycles. The lowest BCUT2D eigenvalue weighted by atomic mass is 9.91. The highest BCUT2D eigenvalue weighted by atomic mass is 35.5. The Morgan fingerprint density at radius 3 is 2.18 bits per heavy atom. The van der Waals surface area contributed by atoms with E-state index in [9.17, 15) is 18.3 Å². The van der Waals surface area contributed by atoms with E-state index in [1.807, 2.05) is 42.5 Å². The van der Waals surface area contributed by atoms with Gasteiger partial charge in [-0.25, -0.2) is 5.01 Å². The van der Waals surface area contributed by atoms with Crippen LogP contribution in [-0.2, 0) is 14.8 Å². The Kier molecular flexibility index (Phi) is 8.37. The second-order valence-electron chi connectivity index (χ2n) is 8.65. The van der Waals surface area contributed by atoms with Crippen LogP contribution >= 0.6 is 23.2 Å². The van der Waals surface area contributed by atoms with Gasteiger partial charge < -0.3 is 16.2 Å². The van der Waals surface area contributed by atoms with Crippen LogP contribution in [0.15, 0.2) is 93.3 Å². The number of carbonyl (C=O) groups excluding carboxylic acids is 1. The molecule has 12 heteroatoms. The molecule has 198 valence electrons. The van der Waals surface area contributed by atoms with Crippen LogP contribution in [0.3, 0.4) is 0 Å². The average molecular weight is 574 g/mol. The predicted octanol–water partition coefficient (Wildman–Crippen LogP) is 3.37. The molecule has 38 heavy (non-hydrogen) atoms. The van der Waals surface area contributed by atoms with Crippen LogP contribution in [0.25, 0.3) is 0 Å². The normalized spacial score (nSPS) is 17.6. The molecule has 4 N–H and O–H groups in total. The lowest BCUT2D eigenvalue weighted by Gasteiger charge is -2.24. The Balaban J connectivity index is 1.82. The van der Waals surface area contributed by atoms with E-state index >= 15 is 0 Å². The fraction of sp³-hybridized carbons (Fsp3) is 0.192. The third-order valence-corrected chi connectivity index (χ3v) is 7.68. The van der Waals surface area contributed by atoms with Gasteiger partial charge in [0.2, 0.25) is 11.9 Å². The van der Waals surface area contributed by atoms with Gasteiger partial charge in [0.25, 0.3) is 10.0 Å². The van der Waals surface area contributed by atoms with Crippen LogP contribution in [0.5, 0.6) is 0 Å². The fourth-order valence-electron chi connectivity index (χ4n) is 3.95. The average Bonchev–Trinajstić information content (AvgIpc) is 3.33. The van der Waals surface area contributed by atoms with Crippen molar-refractivity contribution in [2.24, 2.45) is 15.2 Å². The van der Waals surface area contributed by atoms with Crippen LogP contribution in [-0.4, -0.2) is 54.8 Å². The van der Waals surface area contributed by atoms with Crippen LogP contribution < -0.4 is 11.1 Å². The second kappa shape index (κ2) is 11.5. The van der Waals surface area contributed by atoms with Crippen LogP contribution in [0.4, 0.5) is 0 Å². The number of hydrazone groups is 1. The molecule has 0 bridgehead atoms. The van der Waals surface area contributed by atoms with Gasteiger partial charge in [-0.1, -0.05) is 65.7 Å². The molecular weight excluding hydrogens is 549 g/mol. The molecular formula is C26H25Cl2N5O4S. The summed E-state index contributed by atoms with van der Waals surface area (Å²) in [7, 11) is -4.28. The summed E-state index contributed by atoms with van der Waals surface area (Å²) in [4.78, 5) is 12.0. The van der Waals surface area contributed by atoms with Crippen molar-refractivity contribution < 1.29 is 18.3 Å². The Bertz CT molecular complexity index is 1460. The zero-order valence-corrected chi connectivity index (χ0v) is 22.5. The highest BCUT2D eigenvalue weighted by Gasteiger charge is 2.34. The molecule has 3 aromatic carbocycles. The molecule has 0 saturated heterocycles. The number of sulfonamides is 1. The molecule has 1 heterocycles. The molecule has 3 aromatic rings. The maximum Gasteiger partial charge on any atom is 0.285 e. The summed E-state index contributed by atoms with van der Waals surface area (Å²) in [6.07, 6.45) is -1.25. The van der Waals surface area contributed by atoms with E-state index in [4.69, 9.17) is 34.0 Å². The summed E-state index contributed by atoms with van der Waals surface area (Å²) in [5.74, 6) is -1.44. The predicted molar refractivity (Wildman–Crippen MR) is 148 cm³/mol. The van der Waals surface area contributed by atoms with Crippen molar-refractivity contribution in [3.8, 4) is 0 Å². The molecule has 0 aliphatic carbocycles. The topological polar surface area (TPSA) is 137 Å². The van der Waals surface area contributed by atoms with Gasteiger partial charge >= 0.3 is 0 Å². The lowest BCUT2D eigenvalue weighted by Crippen LogP contribution is -2.54. The van der Waals surface area contributed by atoms with E-state index < -0.39 is 28.1 Å². The van der Waals surface area contributed by atoms with Gasteiger partial charge in [0.15, 0.2) is 0 Å². The summed E-state index contributed by atoms with van der Waals surface area (Å²) in [5, 5.41) is 19.8. The van der Waals surface area contributed by atoms with Crippen molar-refractivity contribution in [3.63, 3.8) is 0 Å². The molecule has 1 aliphatic rings. The number of amides is 1. The minimum Gasteiger partial charge on any atom is -0.391 e. The van der Waals surface area contributed by atoms with Gasteiger partial charge in [-0.15, -0.1) is 4.40 Å². The number of primary amides is 1. The minimum atomic E-state index is -4.28. The zero-order chi connectivity index (χ0) is 27.4. The first-order valence-electron chi connectivity index (χ1n) is 11.6. The van der Waals surface area contributed by atoms with E-state index in [-0.39, 0.29) is 23.3 Å². The monoisotopic (exact) mass is 573 g/mol. The SMILES string of the molecule is C[C@H](O)[C@H](N/C(=N/S(=O)(=O)c1ccc(Cl)cc1)N1C[C@H](c2ccccc2)C(c2ccc(Cl)cc2)=N1)C(N)=O. The molecule has 0 radical (unpaired) electrons. The van der Waals surface area contributed by atoms with E-state index in [2.05, 4.69) is 9.71 Å². The molecule has 0 fully saturated rings. The van der Waals surface area contributed by atoms with Crippen molar-refractivity contribution in [3.05, 3.63) is 100 Å². The van der Waals surface area contributed by atoms with Gasteiger partial charge in [0.05, 0.1) is 23.3 Å². The van der Waals surface area contributed by atoms with Gasteiger partial charge in [0, 0.05) is 16.0 Å². The van der Waals surface area contributed by atoms with Crippen molar-refractivity contribution in [2.75, 3.05) is 6.54 Å². The molecule has 0 spiro atoms. The van der Waals surface area contributed by atoms with Crippen LogP contribution in [0.1, 0.15) is 24.0 Å². The van der Waals surface area contributed by atoms with Crippen LogP contribution in [0.2, 0.25) is 10.0 Å². The number of guanidine groups is 1. The van der Waals surface area contributed by atoms with Gasteiger partial charge in [-0.05, 0) is 54.4 Å². The molecule has 0 unspecified atom stereocenters. The third kappa shape index (κ3) is 6.33. The number of hydrogen-bond acceptors (Lipinski definition) is 5. The first-order valence-corrected chi connectivity index (χ1v) is 13.8. The largest absolute Gasteiger partial charge is 0.391 e. The smallest absolute Gasteiger partial charge is 0.285 e. The Morgan fingerprint density at radius 2 is 1.63 bits per heavy atom. The van der Waals surface area contributed by atoms with E-state index in [0.29, 0.717) is 15.8 Å². The summed E-state index contributed by atoms with van der Waals surface area (Å²) in [5.41, 5.74) is 7.82. The van der Waals surface area contributed by atoms with E-state index in [0.717, 1.165) is 11.1 Å². The third-order valence-electron chi connectivity index (χ3n) is 5.89. The highest BCUT2D eigenvalue weighted by molar-refractivity contribution is 7.90. The number of nitrogens with zero attached hydrogens (tertiary/aromatic N) is 3.